The van der Waals surface area contributed by atoms with Crippen molar-refractivity contribution in [2.45, 2.75) is 6.42 Å². The summed E-state index contributed by atoms with van der Waals surface area (Å²) in [6.07, 6.45) is 4.36. The first kappa shape index (κ1) is 15.1. The number of carbonyl (C=O) groups is 1. The molecule has 0 bridgehead atoms. The second-order valence-electron chi connectivity index (χ2n) is 5.66. The van der Waals surface area contributed by atoms with Gasteiger partial charge >= 0.3 is 0 Å². The minimum absolute atomic E-state index is 0.0574. The maximum absolute atomic E-state index is 12.6. The number of aromatic nitrogens is 2. The monoisotopic (exact) mass is 382 g/mol. The fourth-order valence-electron chi connectivity index (χ4n) is 3.01. The number of hydrogen-bond acceptors (Lipinski definition) is 4. The number of nitrogens with zero attached hydrogens (tertiary/aromatic N) is 3. The van der Waals surface area contributed by atoms with E-state index in [4.69, 9.17) is 0 Å². The van der Waals surface area contributed by atoms with Crippen molar-refractivity contribution in [2.75, 3.05) is 23.3 Å². The van der Waals surface area contributed by atoms with Crippen LogP contribution in [-0.4, -0.2) is 29.0 Å². The number of fused-ring (bicyclic) bond motifs is 2. The summed E-state index contributed by atoms with van der Waals surface area (Å²) >= 11 is 3.40. The zero-order chi connectivity index (χ0) is 16.5. The Hall–Kier alpha value is -2.47. The third kappa shape index (κ3) is 2.73. The average Bonchev–Trinajstić information content (AvgIpc) is 3.03. The lowest BCUT2D eigenvalue weighted by Gasteiger charge is -2.18. The van der Waals surface area contributed by atoms with Crippen LogP contribution in [0.25, 0.3) is 11.0 Å². The predicted octanol–water partition coefficient (Wildman–Crippen LogP) is 3.39. The molecule has 3 heterocycles. The van der Waals surface area contributed by atoms with Crippen LogP contribution in [0.5, 0.6) is 0 Å². The Morgan fingerprint density at radius 1 is 1.25 bits per heavy atom. The number of pyridine rings is 2. The summed E-state index contributed by atoms with van der Waals surface area (Å²) in [6, 6.07) is 11.8. The van der Waals surface area contributed by atoms with Gasteiger partial charge in [-0.3, -0.25) is 14.8 Å². The molecular formula is C18H15BrN4O. The number of amides is 1. The van der Waals surface area contributed by atoms with Gasteiger partial charge in [0.1, 0.15) is 5.52 Å². The van der Waals surface area contributed by atoms with Gasteiger partial charge in [-0.2, -0.15) is 0 Å². The highest BCUT2D eigenvalue weighted by atomic mass is 79.9. The van der Waals surface area contributed by atoms with Crippen LogP contribution in [0.15, 0.2) is 53.3 Å². The van der Waals surface area contributed by atoms with Gasteiger partial charge in [0.05, 0.1) is 17.7 Å². The van der Waals surface area contributed by atoms with Crippen LogP contribution < -0.4 is 10.2 Å². The van der Waals surface area contributed by atoms with Crippen molar-refractivity contribution in [3.63, 3.8) is 0 Å². The van der Waals surface area contributed by atoms with Gasteiger partial charge in [-0.25, -0.2) is 0 Å². The molecule has 0 saturated carbocycles. The first-order chi connectivity index (χ1) is 11.7. The standard InChI is InChI=1S/C18H15BrN4O/c19-13-9-15-18(22-10-13)14(5-7-20-15)21-11-17(24)23-8-6-12-3-1-2-4-16(12)23/h1-5,7,9-10H,6,8,11H2,(H,20,21). The zero-order valence-electron chi connectivity index (χ0n) is 12.9. The van der Waals surface area contributed by atoms with E-state index in [1.165, 1.54) is 5.56 Å². The van der Waals surface area contributed by atoms with Crippen LogP contribution >= 0.6 is 15.9 Å². The van der Waals surface area contributed by atoms with E-state index in [0.29, 0.717) is 0 Å². The van der Waals surface area contributed by atoms with Gasteiger partial charge in [0.25, 0.3) is 0 Å². The van der Waals surface area contributed by atoms with E-state index < -0.39 is 0 Å². The summed E-state index contributed by atoms with van der Waals surface area (Å²) < 4.78 is 0.879. The van der Waals surface area contributed by atoms with E-state index >= 15 is 0 Å². The van der Waals surface area contributed by atoms with E-state index in [-0.39, 0.29) is 12.5 Å². The Morgan fingerprint density at radius 3 is 3.04 bits per heavy atom. The molecule has 24 heavy (non-hydrogen) atoms. The molecule has 3 aromatic rings. The number of nitrogens with one attached hydrogen (secondary N) is 1. The van der Waals surface area contributed by atoms with Crippen molar-refractivity contribution in [3.8, 4) is 0 Å². The van der Waals surface area contributed by atoms with Gasteiger partial charge in [0, 0.05) is 29.1 Å². The molecule has 5 nitrogen and oxygen atoms in total. The van der Waals surface area contributed by atoms with E-state index in [1.807, 2.05) is 35.2 Å². The van der Waals surface area contributed by atoms with Crippen LogP contribution in [0.4, 0.5) is 11.4 Å². The Bertz CT molecular complexity index is 928. The molecule has 120 valence electrons. The van der Waals surface area contributed by atoms with E-state index in [9.17, 15) is 4.79 Å². The van der Waals surface area contributed by atoms with Crippen LogP contribution in [-0.2, 0) is 11.2 Å². The average molecular weight is 383 g/mol. The maximum atomic E-state index is 12.6. The molecular weight excluding hydrogens is 368 g/mol. The number of anilines is 2. The first-order valence-corrected chi connectivity index (χ1v) is 8.54. The zero-order valence-corrected chi connectivity index (χ0v) is 14.5. The minimum Gasteiger partial charge on any atom is -0.374 e. The van der Waals surface area contributed by atoms with Crippen molar-refractivity contribution in [1.29, 1.82) is 0 Å². The topological polar surface area (TPSA) is 58.1 Å². The van der Waals surface area contributed by atoms with Crippen molar-refractivity contribution in [3.05, 3.63) is 58.8 Å². The molecule has 4 rings (SSSR count). The highest BCUT2D eigenvalue weighted by Gasteiger charge is 2.23. The fourth-order valence-corrected chi connectivity index (χ4v) is 3.33. The largest absolute Gasteiger partial charge is 0.374 e. The van der Waals surface area contributed by atoms with Crippen molar-refractivity contribution < 1.29 is 4.79 Å². The van der Waals surface area contributed by atoms with Gasteiger partial charge in [-0.05, 0) is 46.1 Å². The van der Waals surface area contributed by atoms with E-state index in [1.54, 1.807) is 12.4 Å². The molecule has 0 spiro atoms. The number of halogens is 1. The molecule has 0 saturated heterocycles. The maximum Gasteiger partial charge on any atom is 0.246 e. The van der Waals surface area contributed by atoms with Crippen LogP contribution in [0, 0.1) is 0 Å². The van der Waals surface area contributed by atoms with E-state index in [2.05, 4.69) is 37.3 Å². The summed E-state index contributed by atoms with van der Waals surface area (Å²) in [4.78, 5) is 23.1. The predicted molar refractivity (Wildman–Crippen MR) is 98.2 cm³/mol. The van der Waals surface area contributed by atoms with Gasteiger partial charge in [0.15, 0.2) is 0 Å². The summed E-state index contributed by atoms with van der Waals surface area (Å²) in [5.41, 5.74) is 4.61. The van der Waals surface area contributed by atoms with Gasteiger partial charge in [-0.1, -0.05) is 18.2 Å². The summed E-state index contributed by atoms with van der Waals surface area (Å²) in [5, 5.41) is 3.21. The molecule has 0 unspecified atom stereocenters. The van der Waals surface area contributed by atoms with E-state index in [0.717, 1.165) is 39.8 Å². The molecule has 1 aromatic carbocycles. The lowest BCUT2D eigenvalue weighted by molar-refractivity contribution is -0.116. The second kappa shape index (κ2) is 6.20. The minimum atomic E-state index is 0.0574. The molecule has 0 aliphatic carbocycles. The number of carbonyl (C=O) groups excluding carboxylic acids is 1. The van der Waals surface area contributed by atoms with Crippen LogP contribution in [0.2, 0.25) is 0 Å². The summed E-state index contributed by atoms with van der Waals surface area (Å²) in [5.74, 6) is 0.0574. The van der Waals surface area contributed by atoms with Crippen LogP contribution in [0.3, 0.4) is 0 Å². The Labute approximate surface area is 147 Å². The SMILES string of the molecule is O=C(CNc1ccnc2cc(Br)cnc12)N1CCc2ccccc21. The molecule has 6 heteroatoms. The Kier molecular flexibility index (Phi) is 3.90. The smallest absolute Gasteiger partial charge is 0.246 e. The Morgan fingerprint density at radius 2 is 2.12 bits per heavy atom. The molecule has 0 radical (unpaired) electrons. The second-order valence-corrected chi connectivity index (χ2v) is 6.57. The molecule has 0 atom stereocenters. The molecule has 2 aromatic heterocycles. The molecule has 1 aliphatic rings. The third-order valence-corrected chi connectivity index (χ3v) is 4.60. The fraction of sp³-hybridized carbons (Fsp3) is 0.167. The molecule has 1 amide bonds. The molecule has 0 fully saturated rings. The quantitative estimate of drug-likeness (QED) is 0.753. The van der Waals surface area contributed by atoms with Crippen LogP contribution in [0.1, 0.15) is 5.56 Å². The number of para-hydroxylation sites is 1. The lowest BCUT2D eigenvalue weighted by Crippen LogP contribution is -2.34. The number of hydrogen-bond donors (Lipinski definition) is 1. The van der Waals surface area contributed by atoms with Crippen molar-refractivity contribution in [1.82, 2.24) is 9.97 Å². The Balaban J connectivity index is 1.53. The molecule has 1 N–H and O–H groups in total. The van der Waals surface area contributed by atoms with Gasteiger partial charge < -0.3 is 10.2 Å². The lowest BCUT2D eigenvalue weighted by atomic mass is 10.2. The van der Waals surface area contributed by atoms with Crippen molar-refractivity contribution in [2.24, 2.45) is 0 Å². The summed E-state index contributed by atoms with van der Waals surface area (Å²) in [6.45, 7) is 0.966. The highest BCUT2D eigenvalue weighted by molar-refractivity contribution is 9.10. The van der Waals surface area contributed by atoms with Gasteiger partial charge in [0.2, 0.25) is 5.91 Å². The highest BCUT2D eigenvalue weighted by Crippen LogP contribution is 2.27. The first-order valence-electron chi connectivity index (χ1n) is 7.75. The van der Waals surface area contributed by atoms with Crippen molar-refractivity contribution >= 4 is 44.2 Å². The number of rotatable bonds is 3. The normalized spacial score (nSPS) is 13.1. The molecule has 1 aliphatic heterocycles. The third-order valence-electron chi connectivity index (χ3n) is 4.16. The summed E-state index contributed by atoms with van der Waals surface area (Å²) in [7, 11) is 0. The van der Waals surface area contributed by atoms with Gasteiger partial charge in [-0.15, -0.1) is 0 Å². The number of benzene rings is 1.